The highest BCUT2D eigenvalue weighted by Gasteiger charge is 2.32. The SMILES string of the molecule is CC1(C)c2ccccc2C=c2c1cc1c(c2-c2ccc3ccccc3c2)C=c2cc(-c3ccc4ccccc4c3)cc(-c3ccc4ccccc4c3)c2=1. The van der Waals surface area contributed by atoms with Crippen molar-refractivity contribution >= 4 is 44.5 Å². The van der Waals surface area contributed by atoms with Crippen molar-refractivity contribution in [3.63, 3.8) is 0 Å². The first-order valence-electron chi connectivity index (χ1n) is 18.7. The summed E-state index contributed by atoms with van der Waals surface area (Å²) in [5.74, 6) is 0. The first-order valence-corrected chi connectivity index (χ1v) is 18.7. The fourth-order valence-corrected chi connectivity index (χ4v) is 9.24. The molecule has 0 unspecified atom stereocenters. The highest BCUT2D eigenvalue weighted by molar-refractivity contribution is 5.93. The van der Waals surface area contributed by atoms with E-state index in [1.165, 1.54) is 109 Å². The van der Waals surface area contributed by atoms with Gasteiger partial charge in [-0.15, -0.1) is 0 Å². The summed E-state index contributed by atoms with van der Waals surface area (Å²) in [5, 5.41) is 12.8. The molecule has 0 heterocycles. The van der Waals surface area contributed by atoms with E-state index in [4.69, 9.17) is 0 Å². The number of hydrogen-bond acceptors (Lipinski definition) is 0. The molecule has 2 aliphatic rings. The molecule has 0 atom stereocenters. The van der Waals surface area contributed by atoms with Gasteiger partial charge in [0.05, 0.1) is 0 Å². The van der Waals surface area contributed by atoms with Gasteiger partial charge in [-0.25, -0.2) is 0 Å². The van der Waals surface area contributed by atoms with E-state index < -0.39 is 0 Å². The Morgan fingerprint density at radius 1 is 0.396 bits per heavy atom. The van der Waals surface area contributed by atoms with Gasteiger partial charge in [0.15, 0.2) is 0 Å². The molecule has 0 heteroatoms. The lowest BCUT2D eigenvalue weighted by Gasteiger charge is -2.33. The maximum atomic E-state index is 2.53. The lowest BCUT2D eigenvalue weighted by molar-refractivity contribution is 0.629. The second-order valence-corrected chi connectivity index (χ2v) is 15.3. The topological polar surface area (TPSA) is 0 Å². The Balaban J connectivity index is 1.30. The minimum Gasteiger partial charge on any atom is -0.0619 e. The molecule has 0 aromatic heterocycles. The monoisotopic (exact) mass is 672 g/mol. The van der Waals surface area contributed by atoms with E-state index in [1.54, 1.807) is 0 Å². The van der Waals surface area contributed by atoms with Gasteiger partial charge in [0.25, 0.3) is 0 Å². The lowest BCUT2D eigenvalue weighted by Crippen LogP contribution is -2.33. The maximum Gasteiger partial charge on any atom is 0.0158 e. The molecule has 0 aliphatic heterocycles. The third kappa shape index (κ3) is 4.62. The molecule has 9 aromatic carbocycles. The Hall–Kier alpha value is -6.50. The van der Waals surface area contributed by atoms with E-state index in [0.29, 0.717) is 0 Å². The molecular weight excluding hydrogens is 637 g/mol. The van der Waals surface area contributed by atoms with Crippen LogP contribution in [0.5, 0.6) is 0 Å². The van der Waals surface area contributed by atoms with Crippen LogP contribution in [-0.4, -0.2) is 0 Å². The zero-order valence-corrected chi connectivity index (χ0v) is 29.8. The van der Waals surface area contributed by atoms with Crippen molar-refractivity contribution < 1.29 is 0 Å². The maximum absolute atomic E-state index is 2.53. The third-order valence-corrected chi connectivity index (χ3v) is 11.9. The van der Waals surface area contributed by atoms with Crippen molar-refractivity contribution in [1.82, 2.24) is 0 Å². The molecule has 0 radical (unpaired) electrons. The molecule has 0 amide bonds. The Labute approximate surface area is 309 Å². The Bertz CT molecular complexity index is 3250. The van der Waals surface area contributed by atoms with Crippen LogP contribution in [0.4, 0.5) is 0 Å². The van der Waals surface area contributed by atoms with Crippen molar-refractivity contribution in [3.8, 4) is 33.4 Å². The van der Waals surface area contributed by atoms with Crippen LogP contribution >= 0.6 is 0 Å². The van der Waals surface area contributed by atoms with E-state index in [9.17, 15) is 0 Å². The predicted octanol–water partition coefficient (Wildman–Crippen LogP) is 12.0. The molecule has 0 saturated heterocycles. The molecule has 0 N–H and O–H groups in total. The quantitative estimate of drug-likeness (QED) is 0.175. The molecule has 11 rings (SSSR count). The van der Waals surface area contributed by atoms with Crippen LogP contribution in [0.2, 0.25) is 0 Å². The molecule has 2 aliphatic carbocycles. The van der Waals surface area contributed by atoms with Crippen LogP contribution in [0.3, 0.4) is 0 Å². The standard InChI is InChI=1S/C53H36/c1-53(2)49-18-10-9-17-41(49)29-48-50(53)32-47-46(51(48)42-24-21-35-13-5-8-16-38(35)27-42)31-44-28-43(39-22-19-33-11-3-6-14-36(33)25-39)30-45(52(44)47)40-23-20-34-12-4-7-15-37(34)26-40/h3-32H,1-2H3. The van der Waals surface area contributed by atoms with Gasteiger partial charge in [0.2, 0.25) is 0 Å². The van der Waals surface area contributed by atoms with Gasteiger partial charge in [0, 0.05) is 5.41 Å². The Morgan fingerprint density at radius 3 is 1.62 bits per heavy atom. The molecular formula is C53H36. The van der Waals surface area contributed by atoms with Crippen LogP contribution in [0.25, 0.3) is 77.9 Å². The van der Waals surface area contributed by atoms with Crippen LogP contribution in [0, 0.1) is 10.4 Å². The molecule has 0 fully saturated rings. The van der Waals surface area contributed by atoms with Gasteiger partial charge >= 0.3 is 0 Å². The summed E-state index contributed by atoms with van der Waals surface area (Å²) >= 11 is 0. The smallest absolute Gasteiger partial charge is 0.0158 e. The number of fused-ring (bicyclic) bond motifs is 7. The van der Waals surface area contributed by atoms with Gasteiger partial charge in [-0.05, 0) is 157 Å². The average molecular weight is 673 g/mol. The minimum absolute atomic E-state index is 0.182. The average Bonchev–Trinajstić information content (AvgIpc) is 3.57. The number of benzene rings is 9. The highest BCUT2D eigenvalue weighted by atomic mass is 14.3. The van der Waals surface area contributed by atoms with Crippen molar-refractivity contribution in [3.05, 3.63) is 213 Å². The van der Waals surface area contributed by atoms with Gasteiger partial charge in [-0.3, -0.25) is 0 Å². The van der Waals surface area contributed by atoms with E-state index in [0.717, 1.165) is 0 Å². The first-order chi connectivity index (χ1) is 26.0. The molecule has 0 saturated carbocycles. The number of rotatable bonds is 3. The van der Waals surface area contributed by atoms with E-state index in [1.807, 2.05) is 0 Å². The Morgan fingerprint density at radius 2 is 0.943 bits per heavy atom. The fraction of sp³-hybridized carbons (Fsp3) is 0.0566. The lowest BCUT2D eigenvalue weighted by atomic mass is 9.70. The second-order valence-electron chi connectivity index (χ2n) is 15.3. The largest absolute Gasteiger partial charge is 0.0619 e. The summed E-state index contributed by atoms with van der Waals surface area (Å²) in [6, 6.07) is 63.3. The summed E-state index contributed by atoms with van der Waals surface area (Å²) in [7, 11) is 0. The molecule has 0 spiro atoms. The summed E-state index contributed by atoms with van der Waals surface area (Å²) in [5.41, 5.74) is 12.7. The van der Waals surface area contributed by atoms with E-state index in [2.05, 4.69) is 196 Å². The van der Waals surface area contributed by atoms with Crippen LogP contribution in [0.1, 0.15) is 36.1 Å². The summed E-state index contributed by atoms with van der Waals surface area (Å²) in [6.45, 7) is 4.81. The molecule has 0 nitrogen and oxygen atoms in total. The normalized spacial score (nSPS) is 13.5. The highest BCUT2D eigenvalue weighted by Crippen LogP contribution is 2.40. The zero-order valence-electron chi connectivity index (χ0n) is 29.8. The van der Waals surface area contributed by atoms with Gasteiger partial charge < -0.3 is 0 Å². The van der Waals surface area contributed by atoms with Crippen molar-refractivity contribution in [2.45, 2.75) is 19.3 Å². The molecule has 0 bridgehead atoms. The van der Waals surface area contributed by atoms with Crippen LogP contribution < -0.4 is 10.4 Å². The van der Waals surface area contributed by atoms with Crippen molar-refractivity contribution in [2.75, 3.05) is 0 Å². The molecule has 53 heavy (non-hydrogen) atoms. The Kier molecular flexibility index (Phi) is 6.40. The van der Waals surface area contributed by atoms with Gasteiger partial charge in [0.1, 0.15) is 0 Å². The number of hydrogen-bond donors (Lipinski definition) is 0. The van der Waals surface area contributed by atoms with Crippen molar-refractivity contribution in [2.24, 2.45) is 0 Å². The van der Waals surface area contributed by atoms with Crippen LogP contribution in [0.15, 0.2) is 170 Å². The predicted molar refractivity (Wildman–Crippen MR) is 224 cm³/mol. The van der Waals surface area contributed by atoms with E-state index >= 15 is 0 Å². The zero-order chi connectivity index (χ0) is 35.3. The van der Waals surface area contributed by atoms with Gasteiger partial charge in [-0.1, -0.05) is 147 Å². The molecule has 9 aromatic rings. The van der Waals surface area contributed by atoms with Crippen molar-refractivity contribution in [1.29, 1.82) is 0 Å². The minimum atomic E-state index is -0.182. The van der Waals surface area contributed by atoms with Gasteiger partial charge in [-0.2, -0.15) is 0 Å². The first kappa shape index (κ1) is 30.2. The third-order valence-electron chi connectivity index (χ3n) is 11.9. The summed E-state index contributed by atoms with van der Waals surface area (Å²) in [4.78, 5) is 0. The summed E-state index contributed by atoms with van der Waals surface area (Å²) in [6.07, 6.45) is 4.92. The van der Waals surface area contributed by atoms with Crippen LogP contribution in [-0.2, 0) is 5.41 Å². The van der Waals surface area contributed by atoms with E-state index in [-0.39, 0.29) is 5.41 Å². The fourth-order valence-electron chi connectivity index (χ4n) is 9.24. The second kappa shape index (κ2) is 11.2. The molecule has 248 valence electrons. The summed E-state index contributed by atoms with van der Waals surface area (Å²) < 4.78 is 0.